The Bertz CT molecular complexity index is 656. The maximum Gasteiger partial charge on any atom is 0.170 e. The highest BCUT2D eigenvalue weighted by molar-refractivity contribution is 9.10. The van der Waals surface area contributed by atoms with Crippen molar-refractivity contribution in [2.45, 2.75) is 6.42 Å². The van der Waals surface area contributed by atoms with Crippen LogP contribution in [0.5, 0.6) is 5.75 Å². The van der Waals surface area contributed by atoms with E-state index in [9.17, 15) is 13.6 Å². The first-order valence-electron chi connectivity index (χ1n) is 5.82. The van der Waals surface area contributed by atoms with Gasteiger partial charge in [-0.15, -0.1) is 0 Å². The van der Waals surface area contributed by atoms with Crippen molar-refractivity contribution >= 4 is 21.7 Å². The normalized spacial score (nSPS) is 10.4. The van der Waals surface area contributed by atoms with E-state index in [0.29, 0.717) is 15.8 Å². The van der Waals surface area contributed by atoms with E-state index in [1.54, 1.807) is 18.2 Å². The van der Waals surface area contributed by atoms with Gasteiger partial charge >= 0.3 is 0 Å². The van der Waals surface area contributed by atoms with Crippen LogP contribution in [-0.2, 0) is 6.42 Å². The Morgan fingerprint density at radius 1 is 1.20 bits per heavy atom. The zero-order chi connectivity index (χ0) is 14.7. The van der Waals surface area contributed by atoms with E-state index < -0.39 is 17.4 Å². The lowest BCUT2D eigenvalue weighted by molar-refractivity contribution is 0.0988. The van der Waals surface area contributed by atoms with E-state index in [1.807, 2.05) is 0 Å². The molecule has 0 atom stereocenters. The minimum atomic E-state index is -0.719. The molecular weight excluding hydrogens is 330 g/mol. The molecule has 0 saturated heterocycles. The van der Waals surface area contributed by atoms with Gasteiger partial charge in [0, 0.05) is 6.42 Å². The van der Waals surface area contributed by atoms with Gasteiger partial charge in [-0.05, 0) is 51.8 Å². The molecule has 2 nitrogen and oxygen atoms in total. The lowest BCUT2D eigenvalue weighted by Crippen LogP contribution is -2.07. The summed E-state index contributed by atoms with van der Waals surface area (Å²) in [5, 5.41) is 0. The van der Waals surface area contributed by atoms with Gasteiger partial charge in [0.05, 0.1) is 17.1 Å². The Balaban J connectivity index is 2.23. The summed E-state index contributed by atoms with van der Waals surface area (Å²) in [4.78, 5) is 12.0. The summed E-state index contributed by atoms with van der Waals surface area (Å²) in [6.45, 7) is 0. The van der Waals surface area contributed by atoms with Crippen LogP contribution in [0.2, 0.25) is 0 Å². The van der Waals surface area contributed by atoms with Gasteiger partial charge in [-0.25, -0.2) is 8.78 Å². The first-order chi connectivity index (χ1) is 9.51. The van der Waals surface area contributed by atoms with Gasteiger partial charge < -0.3 is 4.74 Å². The predicted octanol–water partition coefficient (Wildman–Crippen LogP) is 4.16. The molecule has 0 saturated carbocycles. The van der Waals surface area contributed by atoms with Crippen molar-refractivity contribution in [3.05, 3.63) is 63.6 Å². The third-order valence-electron chi connectivity index (χ3n) is 2.81. The molecule has 0 aliphatic rings. The van der Waals surface area contributed by atoms with Crippen molar-refractivity contribution in [3.8, 4) is 5.75 Å². The number of ketones is 1. The first kappa shape index (κ1) is 14.7. The zero-order valence-electron chi connectivity index (χ0n) is 10.6. The molecule has 0 unspecified atom stereocenters. The molecule has 0 amide bonds. The predicted molar refractivity (Wildman–Crippen MR) is 75.1 cm³/mol. The van der Waals surface area contributed by atoms with E-state index in [4.69, 9.17) is 4.74 Å². The minimum absolute atomic E-state index is 0.0109. The summed E-state index contributed by atoms with van der Waals surface area (Å²) in [5.41, 5.74) is 0.447. The second-order valence-electron chi connectivity index (χ2n) is 4.19. The number of hydrogen-bond acceptors (Lipinski definition) is 2. The lowest BCUT2D eigenvalue weighted by atomic mass is 10.0. The number of hydrogen-bond donors (Lipinski definition) is 0. The number of ether oxygens (including phenoxy) is 1. The van der Waals surface area contributed by atoms with E-state index in [1.165, 1.54) is 7.11 Å². The van der Waals surface area contributed by atoms with Gasteiger partial charge in [0.15, 0.2) is 5.78 Å². The van der Waals surface area contributed by atoms with Gasteiger partial charge in [-0.1, -0.05) is 6.07 Å². The van der Waals surface area contributed by atoms with Crippen LogP contribution in [0.1, 0.15) is 15.9 Å². The molecule has 2 aromatic carbocycles. The van der Waals surface area contributed by atoms with Crippen molar-refractivity contribution in [2.24, 2.45) is 0 Å². The molecule has 20 heavy (non-hydrogen) atoms. The van der Waals surface area contributed by atoms with Crippen LogP contribution >= 0.6 is 15.9 Å². The number of Topliss-reactive ketones (excluding diaryl/α,β-unsaturated/α-hetero) is 1. The van der Waals surface area contributed by atoms with Crippen LogP contribution in [0.15, 0.2) is 40.9 Å². The average molecular weight is 341 g/mol. The van der Waals surface area contributed by atoms with Crippen LogP contribution in [0, 0.1) is 11.6 Å². The Hall–Kier alpha value is -1.75. The number of halogens is 3. The van der Waals surface area contributed by atoms with E-state index in [-0.39, 0.29) is 12.0 Å². The molecule has 0 aromatic heterocycles. The highest BCUT2D eigenvalue weighted by Crippen LogP contribution is 2.26. The van der Waals surface area contributed by atoms with E-state index in [2.05, 4.69) is 15.9 Å². The smallest absolute Gasteiger partial charge is 0.170 e. The maximum absolute atomic E-state index is 13.5. The van der Waals surface area contributed by atoms with Crippen LogP contribution in [0.25, 0.3) is 0 Å². The third kappa shape index (κ3) is 3.22. The van der Waals surface area contributed by atoms with E-state index >= 15 is 0 Å². The summed E-state index contributed by atoms with van der Waals surface area (Å²) in [6, 6.07) is 7.97. The van der Waals surface area contributed by atoms with Crippen molar-refractivity contribution < 1.29 is 18.3 Å². The minimum Gasteiger partial charge on any atom is -0.496 e. The van der Waals surface area contributed by atoms with Gasteiger partial charge in [0.25, 0.3) is 0 Å². The molecule has 2 rings (SSSR count). The SMILES string of the molecule is COc1ccc(CC(=O)c2cc(F)ccc2F)cc1Br. The Kier molecular flexibility index (Phi) is 4.49. The largest absolute Gasteiger partial charge is 0.496 e. The van der Waals surface area contributed by atoms with Crippen molar-refractivity contribution in [1.82, 2.24) is 0 Å². The lowest BCUT2D eigenvalue weighted by Gasteiger charge is -2.07. The maximum atomic E-state index is 13.5. The molecular formula is C15H11BrF2O2. The number of benzene rings is 2. The molecule has 0 spiro atoms. The summed E-state index contributed by atoms with van der Waals surface area (Å²) >= 11 is 3.31. The Labute approximate surface area is 123 Å². The quantitative estimate of drug-likeness (QED) is 0.781. The highest BCUT2D eigenvalue weighted by atomic mass is 79.9. The molecule has 104 valence electrons. The number of carbonyl (C=O) groups is 1. The molecule has 2 aromatic rings. The van der Waals surface area contributed by atoms with Gasteiger partial charge in [0.1, 0.15) is 17.4 Å². The Morgan fingerprint density at radius 2 is 1.95 bits per heavy atom. The molecule has 0 aliphatic carbocycles. The molecule has 0 bridgehead atoms. The fourth-order valence-electron chi connectivity index (χ4n) is 1.81. The van der Waals surface area contributed by atoms with Crippen LogP contribution in [0.3, 0.4) is 0 Å². The highest BCUT2D eigenvalue weighted by Gasteiger charge is 2.14. The van der Waals surface area contributed by atoms with Gasteiger partial charge in [0.2, 0.25) is 0 Å². The topological polar surface area (TPSA) is 26.3 Å². The van der Waals surface area contributed by atoms with Gasteiger partial charge in [-0.2, -0.15) is 0 Å². The van der Waals surface area contributed by atoms with Gasteiger partial charge in [-0.3, -0.25) is 4.79 Å². The van der Waals surface area contributed by atoms with E-state index in [0.717, 1.165) is 18.2 Å². The number of rotatable bonds is 4. The molecule has 0 fully saturated rings. The number of carbonyl (C=O) groups excluding carboxylic acids is 1. The van der Waals surface area contributed by atoms with Crippen LogP contribution < -0.4 is 4.74 Å². The summed E-state index contributed by atoms with van der Waals surface area (Å²) in [6.07, 6.45) is -0.0109. The molecule has 0 radical (unpaired) electrons. The molecule has 0 heterocycles. The second-order valence-corrected chi connectivity index (χ2v) is 5.05. The van der Waals surface area contributed by atoms with Crippen LogP contribution in [0.4, 0.5) is 8.78 Å². The van der Waals surface area contributed by atoms with Crippen molar-refractivity contribution in [1.29, 1.82) is 0 Å². The summed E-state index contributed by atoms with van der Waals surface area (Å²) < 4.78 is 32.4. The fraction of sp³-hybridized carbons (Fsp3) is 0.133. The molecule has 0 N–H and O–H groups in total. The first-order valence-corrected chi connectivity index (χ1v) is 6.61. The standard InChI is InChI=1S/C15H11BrF2O2/c1-20-15-5-2-9(6-12(15)16)7-14(19)11-8-10(17)3-4-13(11)18/h2-6,8H,7H2,1H3. The number of methoxy groups -OCH3 is 1. The monoisotopic (exact) mass is 340 g/mol. The summed E-state index contributed by atoms with van der Waals surface area (Å²) in [5.74, 6) is -1.19. The van der Waals surface area contributed by atoms with Crippen molar-refractivity contribution in [3.63, 3.8) is 0 Å². The molecule has 0 aliphatic heterocycles. The van der Waals surface area contributed by atoms with Crippen LogP contribution in [-0.4, -0.2) is 12.9 Å². The summed E-state index contributed by atoms with van der Waals surface area (Å²) in [7, 11) is 1.53. The zero-order valence-corrected chi connectivity index (χ0v) is 12.2. The molecule has 5 heteroatoms. The third-order valence-corrected chi connectivity index (χ3v) is 3.43. The second kappa shape index (κ2) is 6.13. The average Bonchev–Trinajstić information content (AvgIpc) is 2.41. The van der Waals surface area contributed by atoms with Crippen molar-refractivity contribution in [2.75, 3.05) is 7.11 Å². The Morgan fingerprint density at radius 3 is 2.60 bits per heavy atom. The fourth-order valence-corrected chi connectivity index (χ4v) is 2.40.